The maximum atomic E-state index is 12.3. The van der Waals surface area contributed by atoms with Crippen molar-refractivity contribution in [3.63, 3.8) is 0 Å². The zero-order chi connectivity index (χ0) is 18.6. The molecule has 0 atom stereocenters. The number of nitrogens with zero attached hydrogens (tertiary/aromatic N) is 3. The summed E-state index contributed by atoms with van der Waals surface area (Å²) in [6.07, 6.45) is 1.09. The van der Waals surface area contributed by atoms with E-state index in [-0.39, 0.29) is 12.5 Å². The van der Waals surface area contributed by atoms with Crippen molar-refractivity contribution in [3.05, 3.63) is 82.6 Å². The van der Waals surface area contributed by atoms with E-state index in [2.05, 4.69) is 44.7 Å². The lowest BCUT2D eigenvalue weighted by Gasteiger charge is -2.28. The van der Waals surface area contributed by atoms with Crippen LogP contribution in [0.3, 0.4) is 0 Å². The SMILES string of the molecule is Cc1nnc(CNC(=O)c2ccc(CN3CCc4ccccc4C3)cc2)o1. The number of rotatable bonds is 5. The van der Waals surface area contributed by atoms with E-state index in [0.717, 1.165) is 26.1 Å². The Morgan fingerprint density at radius 2 is 1.89 bits per heavy atom. The standard InChI is InChI=1S/C21H22N4O2/c1-15-23-24-20(27-15)12-22-21(26)18-8-6-16(7-9-18)13-25-11-10-17-4-2-3-5-19(17)14-25/h2-9H,10-14H2,1H3,(H,22,26). The van der Waals surface area contributed by atoms with Crippen LogP contribution in [-0.2, 0) is 26.1 Å². The van der Waals surface area contributed by atoms with Crippen LogP contribution in [-0.4, -0.2) is 27.5 Å². The van der Waals surface area contributed by atoms with Gasteiger partial charge in [0.15, 0.2) is 0 Å². The number of nitrogens with one attached hydrogen (secondary N) is 1. The summed E-state index contributed by atoms with van der Waals surface area (Å²) in [6, 6.07) is 16.4. The van der Waals surface area contributed by atoms with Crippen molar-refractivity contribution in [1.29, 1.82) is 0 Å². The first-order valence-electron chi connectivity index (χ1n) is 9.12. The summed E-state index contributed by atoms with van der Waals surface area (Å²) in [6.45, 7) is 4.87. The highest BCUT2D eigenvalue weighted by Gasteiger charge is 2.16. The van der Waals surface area contributed by atoms with Crippen molar-refractivity contribution >= 4 is 5.91 Å². The third-order valence-electron chi connectivity index (χ3n) is 4.80. The maximum Gasteiger partial charge on any atom is 0.251 e. The van der Waals surface area contributed by atoms with Crippen molar-refractivity contribution in [2.24, 2.45) is 0 Å². The van der Waals surface area contributed by atoms with Crippen molar-refractivity contribution in [2.45, 2.75) is 33.0 Å². The van der Waals surface area contributed by atoms with Crippen LogP contribution < -0.4 is 5.32 Å². The third-order valence-corrected chi connectivity index (χ3v) is 4.80. The summed E-state index contributed by atoms with van der Waals surface area (Å²) < 4.78 is 5.26. The number of amides is 1. The normalized spacial score (nSPS) is 14.0. The number of aryl methyl sites for hydroxylation is 1. The number of fused-ring (bicyclic) bond motifs is 1. The predicted octanol–water partition coefficient (Wildman–Crippen LogP) is 2.87. The molecule has 1 N–H and O–H groups in total. The van der Waals surface area contributed by atoms with Gasteiger partial charge >= 0.3 is 0 Å². The van der Waals surface area contributed by atoms with E-state index in [1.165, 1.54) is 16.7 Å². The molecule has 27 heavy (non-hydrogen) atoms. The van der Waals surface area contributed by atoms with E-state index in [1.807, 2.05) is 24.3 Å². The summed E-state index contributed by atoms with van der Waals surface area (Å²) in [5, 5.41) is 10.4. The van der Waals surface area contributed by atoms with Crippen LogP contribution in [0.4, 0.5) is 0 Å². The summed E-state index contributed by atoms with van der Waals surface area (Å²) >= 11 is 0. The summed E-state index contributed by atoms with van der Waals surface area (Å²) in [5.41, 5.74) is 4.70. The molecule has 0 aliphatic carbocycles. The van der Waals surface area contributed by atoms with Gasteiger partial charge in [-0.2, -0.15) is 0 Å². The van der Waals surface area contributed by atoms with Gasteiger partial charge in [-0.25, -0.2) is 0 Å². The number of hydrogen-bond donors (Lipinski definition) is 1. The quantitative estimate of drug-likeness (QED) is 0.756. The molecule has 2 aromatic carbocycles. The van der Waals surface area contributed by atoms with Gasteiger partial charge in [-0.3, -0.25) is 9.69 Å². The monoisotopic (exact) mass is 362 g/mol. The zero-order valence-corrected chi connectivity index (χ0v) is 15.3. The molecule has 0 fully saturated rings. The first kappa shape index (κ1) is 17.4. The van der Waals surface area contributed by atoms with E-state index < -0.39 is 0 Å². The smallest absolute Gasteiger partial charge is 0.251 e. The molecule has 6 heteroatoms. The van der Waals surface area contributed by atoms with Gasteiger partial charge in [-0.05, 0) is 35.2 Å². The third kappa shape index (κ3) is 4.23. The molecule has 0 spiro atoms. The fourth-order valence-electron chi connectivity index (χ4n) is 3.38. The fourth-order valence-corrected chi connectivity index (χ4v) is 3.38. The summed E-state index contributed by atoms with van der Waals surface area (Å²) in [7, 11) is 0. The van der Waals surface area contributed by atoms with E-state index in [0.29, 0.717) is 17.3 Å². The Labute approximate surface area is 158 Å². The Morgan fingerprint density at radius 1 is 1.11 bits per heavy atom. The molecule has 6 nitrogen and oxygen atoms in total. The van der Waals surface area contributed by atoms with Crippen molar-refractivity contribution in [1.82, 2.24) is 20.4 Å². The second kappa shape index (κ2) is 7.72. The molecular weight excluding hydrogens is 340 g/mol. The van der Waals surface area contributed by atoms with Crippen LogP contribution in [0.5, 0.6) is 0 Å². The molecule has 138 valence electrons. The summed E-state index contributed by atoms with van der Waals surface area (Å²) in [4.78, 5) is 14.7. The molecule has 2 heterocycles. The van der Waals surface area contributed by atoms with E-state index in [1.54, 1.807) is 6.92 Å². The van der Waals surface area contributed by atoms with Gasteiger partial charge in [0.05, 0.1) is 6.54 Å². The molecule has 1 aliphatic heterocycles. The van der Waals surface area contributed by atoms with Crippen LogP contribution in [0.25, 0.3) is 0 Å². The van der Waals surface area contributed by atoms with Gasteiger partial charge in [0.25, 0.3) is 5.91 Å². The Balaban J connectivity index is 1.33. The Bertz CT molecular complexity index is 933. The van der Waals surface area contributed by atoms with Gasteiger partial charge < -0.3 is 9.73 Å². The largest absolute Gasteiger partial charge is 0.424 e. The molecule has 1 aliphatic rings. The summed E-state index contributed by atoms with van der Waals surface area (Å²) in [5.74, 6) is 0.746. The molecule has 0 bridgehead atoms. The highest BCUT2D eigenvalue weighted by molar-refractivity contribution is 5.94. The van der Waals surface area contributed by atoms with Gasteiger partial charge in [-0.1, -0.05) is 36.4 Å². The molecule has 1 aromatic heterocycles. The molecule has 0 saturated carbocycles. The minimum absolute atomic E-state index is 0.149. The predicted molar refractivity (Wildman–Crippen MR) is 101 cm³/mol. The highest BCUT2D eigenvalue weighted by Crippen LogP contribution is 2.20. The lowest BCUT2D eigenvalue weighted by Crippen LogP contribution is -2.30. The second-order valence-electron chi connectivity index (χ2n) is 6.82. The Hall–Kier alpha value is -2.99. The molecule has 0 unspecified atom stereocenters. The van der Waals surface area contributed by atoms with Crippen LogP contribution in [0.1, 0.15) is 38.8 Å². The van der Waals surface area contributed by atoms with Gasteiger partial charge in [0.2, 0.25) is 11.8 Å². The lowest BCUT2D eigenvalue weighted by atomic mass is 9.99. The van der Waals surface area contributed by atoms with Gasteiger partial charge in [0, 0.05) is 32.1 Å². The van der Waals surface area contributed by atoms with E-state index in [4.69, 9.17) is 4.42 Å². The minimum Gasteiger partial charge on any atom is -0.424 e. The molecule has 0 radical (unpaired) electrons. The molecule has 3 aromatic rings. The first-order chi connectivity index (χ1) is 13.2. The number of benzene rings is 2. The minimum atomic E-state index is -0.149. The Kier molecular flexibility index (Phi) is 4.98. The van der Waals surface area contributed by atoms with Crippen molar-refractivity contribution < 1.29 is 9.21 Å². The number of carbonyl (C=O) groups excluding carboxylic acids is 1. The van der Waals surface area contributed by atoms with Crippen LogP contribution >= 0.6 is 0 Å². The topological polar surface area (TPSA) is 71.3 Å². The second-order valence-corrected chi connectivity index (χ2v) is 6.82. The van der Waals surface area contributed by atoms with Crippen LogP contribution in [0.15, 0.2) is 52.9 Å². The van der Waals surface area contributed by atoms with Gasteiger partial charge in [0.1, 0.15) is 0 Å². The van der Waals surface area contributed by atoms with Crippen LogP contribution in [0, 0.1) is 6.92 Å². The van der Waals surface area contributed by atoms with Crippen LogP contribution in [0.2, 0.25) is 0 Å². The molecular formula is C21H22N4O2. The van der Waals surface area contributed by atoms with Crippen molar-refractivity contribution in [3.8, 4) is 0 Å². The molecule has 0 saturated heterocycles. The van der Waals surface area contributed by atoms with E-state index in [9.17, 15) is 4.79 Å². The number of carbonyl (C=O) groups is 1. The molecule has 4 rings (SSSR count). The fraction of sp³-hybridized carbons (Fsp3) is 0.286. The number of aromatic nitrogens is 2. The lowest BCUT2D eigenvalue weighted by molar-refractivity contribution is 0.0947. The molecule has 1 amide bonds. The van der Waals surface area contributed by atoms with E-state index >= 15 is 0 Å². The number of hydrogen-bond acceptors (Lipinski definition) is 5. The average molecular weight is 362 g/mol. The zero-order valence-electron chi connectivity index (χ0n) is 15.3. The Morgan fingerprint density at radius 3 is 2.63 bits per heavy atom. The first-order valence-corrected chi connectivity index (χ1v) is 9.12. The highest BCUT2D eigenvalue weighted by atomic mass is 16.4. The average Bonchev–Trinajstić information content (AvgIpc) is 3.12. The van der Waals surface area contributed by atoms with Crippen molar-refractivity contribution in [2.75, 3.05) is 6.54 Å². The maximum absolute atomic E-state index is 12.3. The van der Waals surface area contributed by atoms with Gasteiger partial charge in [-0.15, -0.1) is 10.2 Å².